The number of carboxylic acid groups (broad SMARTS) is 2. The van der Waals surface area contributed by atoms with Gasteiger partial charge in [-0.1, -0.05) is 26.7 Å². The Morgan fingerprint density at radius 2 is 1.00 bits per heavy atom. The van der Waals surface area contributed by atoms with Crippen LogP contribution in [-0.2, 0) is 40.9 Å². The van der Waals surface area contributed by atoms with E-state index in [9.17, 15) is 29.4 Å². The standard InChI is InChI=1S/2C7H12O3.Ti/c2*1-2-3-4-6(8)5-7(9)10;/h2*2-5H2,1H3,(H,9,10);/q;;+2/p-2. The number of carboxylic acids is 2. The zero-order valence-corrected chi connectivity index (χ0v) is 14.2. The number of aliphatic carboxylic acids is 2. The Hall–Kier alpha value is -1.01. The maximum absolute atomic E-state index is 10.6. The summed E-state index contributed by atoms with van der Waals surface area (Å²) in [5, 5.41) is 19.7. The molecular weight excluding hydrogens is 312 g/mol. The fourth-order valence-corrected chi connectivity index (χ4v) is 1.25. The molecule has 0 rings (SSSR count). The Bertz CT molecular complexity index is 295. The zero-order chi connectivity index (χ0) is 16.0. The molecule has 0 aromatic carbocycles. The summed E-state index contributed by atoms with van der Waals surface area (Å²) < 4.78 is 0. The van der Waals surface area contributed by atoms with Gasteiger partial charge in [0.15, 0.2) is 0 Å². The summed E-state index contributed by atoms with van der Waals surface area (Å²) in [7, 11) is 0. The van der Waals surface area contributed by atoms with Gasteiger partial charge >= 0.3 is 21.7 Å². The van der Waals surface area contributed by atoms with Crippen LogP contribution >= 0.6 is 0 Å². The smallest absolute Gasteiger partial charge is 0.550 e. The Kier molecular flexibility index (Phi) is 20.3. The zero-order valence-electron chi connectivity index (χ0n) is 12.6. The molecule has 0 N–H and O–H groups in total. The predicted octanol–water partition coefficient (Wildman–Crippen LogP) is -0.231. The first-order chi connectivity index (χ1) is 9.33. The largest absolute Gasteiger partial charge is 2.00 e. The molecule has 0 fully saturated rings. The fourth-order valence-electron chi connectivity index (χ4n) is 1.25. The average molecular weight is 334 g/mol. The summed E-state index contributed by atoms with van der Waals surface area (Å²) in [5.74, 6) is -3.02. The van der Waals surface area contributed by atoms with Gasteiger partial charge in [-0.3, -0.25) is 9.59 Å². The van der Waals surface area contributed by atoms with Crippen LogP contribution in [0.2, 0.25) is 0 Å². The van der Waals surface area contributed by atoms with Crippen LogP contribution in [0.4, 0.5) is 0 Å². The van der Waals surface area contributed by atoms with E-state index in [0.717, 1.165) is 25.7 Å². The molecule has 0 aliphatic heterocycles. The van der Waals surface area contributed by atoms with Gasteiger partial charge in [0.25, 0.3) is 0 Å². The number of unbranched alkanes of at least 4 members (excludes halogenated alkanes) is 2. The van der Waals surface area contributed by atoms with Crippen molar-refractivity contribution in [2.45, 2.75) is 65.2 Å². The van der Waals surface area contributed by atoms with Crippen molar-refractivity contribution in [2.75, 3.05) is 0 Å². The molecule has 0 amide bonds. The number of carbonyl (C=O) groups is 4. The van der Waals surface area contributed by atoms with Crippen LogP contribution in [0.25, 0.3) is 0 Å². The molecule has 21 heavy (non-hydrogen) atoms. The molecule has 118 valence electrons. The van der Waals surface area contributed by atoms with Crippen LogP contribution in [0.15, 0.2) is 0 Å². The van der Waals surface area contributed by atoms with Crippen LogP contribution < -0.4 is 10.2 Å². The SMILES string of the molecule is CCCCC(=O)CC(=O)[O-].CCCCC(=O)CC(=O)[O-].[Ti+2]. The van der Waals surface area contributed by atoms with E-state index in [1.165, 1.54) is 0 Å². The minimum Gasteiger partial charge on any atom is -0.550 e. The van der Waals surface area contributed by atoms with Crippen molar-refractivity contribution in [1.82, 2.24) is 0 Å². The number of rotatable bonds is 10. The van der Waals surface area contributed by atoms with Crippen LogP contribution in [0, 0.1) is 0 Å². The third kappa shape index (κ3) is 24.4. The molecule has 0 heterocycles. The first-order valence-electron chi connectivity index (χ1n) is 6.76. The third-order valence-corrected chi connectivity index (χ3v) is 2.30. The summed E-state index contributed by atoms with van der Waals surface area (Å²) in [6, 6.07) is 0. The van der Waals surface area contributed by atoms with Gasteiger partial charge in [-0.25, -0.2) is 0 Å². The van der Waals surface area contributed by atoms with E-state index in [1.807, 2.05) is 13.8 Å². The minimum absolute atomic E-state index is 0. The van der Waals surface area contributed by atoms with E-state index in [4.69, 9.17) is 0 Å². The second kappa shape index (κ2) is 17.0. The average Bonchev–Trinajstić information content (AvgIpc) is 2.33. The molecule has 0 radical (unpaired) electrons. The quantitative estimate of drug-likeness (QED) is 0.403. The second-order valence-corrected chi connectivity index (χ2v) is 4.38. The van der Waals surface area contributed by atoms with Gasteiger partial charge < -0.3 is 19.8 Å². The number of hydrogen-bond donors (Lipinski definition) is 0. The van der Waals surface area contributed by atoms with Crippen LogP contribution in [0.5, 0.6) is 0 Å². The molecule has 0 atom stereocenters. The Morgan fingerprint density at radius 3 is 1.19 bits per heavy atom. The summed E-state index contributed by atoms with van der Waals surface area (Å²) in [6.45, 7) is 3.90. The Balaban J connectivity index is -0.000000295. The first-order valence-corrected chi connectivity index (χ1v) is 6.76. The van der Waals surface area contributed by atoms with Gasteiger partial charge in [0.1, 0.15) is 11.6 Å². The third-order valence-electron chi connectivity index (χ3n) is 2.30. The molecule has 0 aromatic rings. The molecule has 0 saturated carbocycles. The normalized spacial score (nSPS) is 8.86. The van der Waals surface area contributed by atoms with Gasteiger partial charge in [0.05, 0.1) is 0 Å². The molecule has 6 nitrogen and oxygen atoms in total. The van der Waals surface area contributed by atoms with Crippen molar-refractivity contribution < 1.29 is 51.1 Å². The summed E-state index contributed by atoms with van der Waals surface area (Å²) in [6.07, 6.45) is 3.24. The molecular formula is C14H22O6Ti. The Morgan fingerprint density at radius 1 is 0.714 bits per heavy atom. The Labute approximate surface area is 140 Å². The van der Waals surface area contributed by atoms with Gasteiger partial charge in [-0.05, 0) is 12.8 Å². The molecule has 0 saturated heterocycles. The van der Waals surface area contributed by atoms with E-state index in [0.29, 0.717) is 12.8 Å². The topological polar surface area (TPSA) is 114 Å². The van der Waals surface area contributed by atoms with E-state index in [2.05, 4.69) is 0 Å². The van der Waals surface area contributed by atoms with Crippen molar-refractivity contribution in [3.8, 4) is 0 Å². The van der Waals surface area contributed by atoms with Gasteiger partial charge in [-0.15, -0.1) is 0 Å². The molecule has 0 aromatic heterocycles. The van der Waals surface area contributed by atoms with Crippen LogP contribution in [0.3, 0.4) is 0 Å². The van der Waals surface area contributed by atoms with Gasteiger partial charge in [0.2, 0.25) is 0 Å². The molecule has 0 aliphatic carbocycles. The molecule has 0 spiro atoms. The van der Waals surface area contributed by atoms with E-state index < -0.39 is 24.8 Å². The summed E-state index contributed by atoms with van der Waals surface area (Å²) in [4.78, 5) is 40.9. The van der Waals surface area contributed by atoms with Crippen molar-refractivity contribution in [3.05, 3.63) is 0 Å². The minimum atomic E-state index is -1.28. The van der Waals surface area contributed by atoms with Crippen LogP contribution in [-0.4, -0.2) is 23.5 Å². The molecule has 0 bridgehead atoms. The number of carbonyl (C=O) groups excluding carboxylic acids is 4. The number of Topliss-reactive ketones (excluding diaryl/α,β-unsaturated/α-hetero) is 2. The monoisotopic (exact) mass is 334 g/mol. The van der Waals surface area contributed by atoms with E-state index >= 15 is 0 Å². The molecule has 7 heteroatoms. The van der Waals surface area contributed by atoms with Crippen molar-refractivity contribution in [1.29, 1.82) is 0 Å². The van der Waals surface area contributed by atoms with Crippen molar-refractivity contribution in [2.24, 2.45) is 0 Å². The van der Waals surface area contributed by atoms with Gasteiger partial charge in [0, 0.05) is 37.6 Å². The second-order valence-electron chi connectivity index (χ2n) is 4.38. The fraction of sp³-hybridized carbons (Fsp3) is 0.714. The number of ketones is 2. The molecule has 0 unspecified atom stereocenters. The maximum atomic E-state index is 10.6. The van der Waals surface area contributed by atoms with E-state index in [1.54, 1.807) is 0 Å². The first kappa shape index (κ1) is 25.0. The summed E-state index contributed by atoms with van der Waals surface area (Å²) in [5.41, 5.74) is 0. The maximum Gasteiger partial charge on any atom is 2.00 e. The number of hydrogen-bond acceptors (Lipinski definition) is 6. The van der Waals surface area contributed by atoms with Crippen molar-refractivity contribution >= 4 is 23.5 Å². The van der Waals surface area contributed by atoms with Crippen LogP contribution in [0.1, 0.15) is 65.2 Å². The molecule has 0 aliphatic rings. The predicted molar refractivity (Wildman–Crippen MR) is 68.3 cm³/mol. The summed E-state index contributed by atoms with van der Waals surface area (Å²) >= 11 is 0. The van der Waals surface area contributed by atoms with Crippen molar-refractivity contribution in [3.63, 3.8) is 0 Å². The van der Waals surface area contributed by atoms with E-state index in [-0.39, 0.29) is 33.3 Å². The van der Waals surface area contributed by atoms with Gasteiger partial charge in [-0.2, -0.15) is 0 Å².